The van der Waals surface area contributed by atoms with Crippen molar-refractivity contribution in [1.29, 1.82) is 0 Å². The molecule has 6 heterocycles. The zero-order valence-corrected chi connectivity index (χ0v) is 43.4. The first-order valence-corrected chi connectivity index (χ1v) is 27.9. The van der Waals surface area contributed by atoms with E-state index in [1.54, 1.807) is 0 Å². The molecule has 5 nitrogen and oxygen atoms in total. The van der Waals surface area contributed by atoms with E-state index < -0.39 is 0 Å². The number of nitrogens with zero attached hydrogens (tertiary/aromatic N) is 4. The highest BCUT2D eigenvalue weighted by atomic mass is 16.5. The van der Waals surface area contributed by atoms with Gasteiger partial charge in [-0.25, -0.2) is 0 Å². The van der Waals surface area contributed by atoms with Crippen LogP contribution in [0.3, 0.4) is 0 Å². The van der Waals surface area contributed by atoms with Crippen molar-refractivity contribution in [2.45, 2.75) is 0 Å². The average molecular weight is 1010 g/mol. The zero-order chi connectivity index (χ0) is 52.2. The van der Waals surface area contributed by atoms with Crippen molar-refractivity contribution in [3.63, 3.8) is 0 Å². The van der Waals surface area contributed by atoms with Crippen LogP contribution in [0.4, 0.5) is 68.2 Å². The molecule has 0 N–H and O–H groups in total. The second kappa shape index (κ2) is 16.7. The van der Waals surface area contributed by atoms with E-state index in [-0.39, 0.29) is 20.1 Å². The Labute approximate surface area is 466 Å². The second-order valence-corrected chi connectivity index (χ2v) is 21.8. The first kappa shape index (κ1) is 43.9. The molecule has 0 saturated heterocycles. The Hall–Kier alpha value is -10.2. The summed E-state index contributed by atoms with van der Waals surface area (Å²) in [7, 11) is 0. The minimum Gasteiger partial charge on any atom is -0.458 e. The molecule has 0 bridgehead atoms. The summed E-state index contributed by atoms with van der Waals surface area (Å²) in [6, 6.07) is 101. The summed E-state index contributed by atoms with van der Waals surface area (Å²) in [6.45, 7) is -0.225. The van der Waals surface area contributed by atoms with Crippen LogP contribution in [0.5, 0.6) is 11.5 Å². The van der Waals surface area contributed by atoms with E-state index in [4.69, 9.17) is 4.74 Å². The number of hydrogen-bond donors (Lipinski definition) is 0. The fraction of sp³-hybridized carbons (Fsp3) is 0. The van der Waals surface area contributed by atoms with Gasteiger partial charge in [0.2, 0.25) is 0 Å². The molecule has 6 aliphatic heterocycles. The van der Waals surface area contributed by atoms with Crippen molar-refractivity contribution < 1.29 is 4.74 Å². The van der Waals surface area contributed by atoms with Gasteiger partial charge in [0.05, 0.1) is 0 Å². The van der Waals surface area contributed by atoms with Gasteiger partial charge in [-0.3, -0.25) is 0 Å². The van der Waals surface area contributed by atoms with Crippen LogP contribution in [0.15, 0.2) is 273 Å². The maximum absolute atomic E-state index is 7.66. The molecular formula is C72H45B3N4O. The number of anilines is 12. The molecule has 0 fully saturated rings. The highest BCUT2D eigenvalue weighted by Gasteiger charge is 2.53. The lowest BCUT2D eigenvalue weighted by molar-refractivity contribution is 0.488. The first-order chi connectivity index (χ1) is 39.7. The summed E-state index contributed by atoms with van der Waals surface area (Å²) >= 11 is 0. The molecule has 80 heavy (non-hydrogen) atoms. The molecule has 12 aromatic carbocycles. The van der Waals surface area contributed by atoms with Crippen molar-refractivity contribution in [3.05, 3.63) is 273 Å². The normalized spacial score (nSPS) is 13.9. The second-order valence-electron chi connectivity index (χ2n) is 21.8. The van der Waals surface area contributed by atoms with Crippen molar-refractivity contribution in [1.82, 2.24) is 0 Å². The SMILES string of the molecule is c1ccc(-c2ccccc2-c2cc3c4c(c2)N(c2ccccc2)c2ccccc2B4c2cc4c(cc2O3)N(c2ccccc2)c2cc3c5c6c2B4c2ccccc2N6c2ccccc2B5c2ccccc2N3c2ccccc2)cc1. The Bertz CT molecular complexity index is 4560. The summed E-state index contributed by atoms with van der Waals surface area (Å²) in [4.78, 5) is 10.2. The molecule has 0 atom stereocenters. The standard InChI is InChI=1S/C72H45B3N4O/c1-5-23-46(24-6-1)51-31-13-14-32-52(51)47-41-64-69-68(42-47)80-67-45-63-57(43-58(67)75(69)54-34-16-20-38-60(54)76(64)48-25-7-2-8-26-48)74-56-36-18-22-40-62(56)79-61-39-21-17-35-55(61)73-53-33-15-19-37-59(53)77(49-27-9-3-10-28-49)65-44-66(71(74)72(79)70(65)73)78(63)50-29-11-4-12-30-50/h1-45H. The fourth-order valence-corrected chi connectivity index (χ4v) is 14.7. The Balaban J connectivity index is 0.934. The van der Waals surface area contributed by atoms with Gasteiger partial charge >= 0.3 is 0 Å². The van der Waals surface area contributed by atoms with Gasteiger partial charge in [0.15, 0.2) is 0 Å². The Morgan fingerprint density at radius 1 is 0.237 bits per heavy atom. The van der Waals surface area contributed by atoms with E-state index in [2.05, 4.69) is 293 Å². The van der Waals surface area contributed by atoms with Gasteiger partial charge in [0.1, 0.15) is 11.5 Å². The molecule has 18 rings (SSSR count). The molecule has 12 aromatic rings. The Morgan fingerprint density at radius 3 is 1.14 bits per heavy atom. The number of fused-ring (bicyclic) bond motifs is 14. The summed E-state index contributed by atoms with van der Waals surface area (Å²) in [5.74, 6) is 1.74. The van der Waals surface area contributed by atoms with E-state index >= 15 is 0 Å². The van der Waals surface area contributed by atoms with Gasteiger partial charge in [-0.2, -0.15) is 0 Å². The van der Waals surface area contributed by atoms with Gasteiger partial charge in [-0.05, 0) is 150 Å². The third kappa shape index (κ3) is 5.99. The molecule has 0 unspecified atom stereocenters. The van der Waals surface area contributed by atoms with Crippen LogP contribution in [-0.4, -0.2) is 20.1 Å². The maximum atomic E-state index is 7.66. The topological polar surface area (TPSA) is 22.2 Å². The predicted molar refractivity (Wildman–Crippen MR) is 337 cm³/mol. The molecule has 368 valence electrons. The average Bonchev–Trinajstić information content (AvgIpc) is 3.45. The number of rotatable bonds is 5. The molecule has 0 radical (unpaired) electrons. The van der Waals surface area contributed by atoms with Crippen molar-refractivity contribution in [3.8, 4) is 33.8 Å². The summed E-state index contributed by atoms with van der Waals surface area (Å²) in [5.41, 5.74) is 30.1. The van der Waals surface area contributed by atoms with Gasteiger partial charge in [-0.1, -0.05) is 188 Å². The Morgan fingerprint density at radius 2 is 0.625 bits per heavy atom. The molecule has 0 amide bonds. The smallest absolute Gasteiger partial charge is 0.256 e. The third-order valence-electron chi connectivity index (χ3n) is 17.8. The number of para-hydroxylation sites is 7. The van der Waals surface area contributed by atoms with Crippen LogP contribution in [0, 0.1) is 0 Å². The summed E-state index contributed by atoms with van der Waals surface area (Å²) in [6.07, 6.45) is 0. The third-order valence-corrected chi connectivity index (χ3v) is 17.8. The lowest BCUT2D eigenvalue weighted by Crippen LogP contribution is -2.69. The van der Waals surface area contributed by atoms with Crippen LogP contribution < -0.4 is 73.5 Å². The van der Waals surface area contributed by atoms with E-state index in [9.17, 15) is 0 Å². The van der Waals surface area contributed by atoms with Gasteiger partial charge in [0.25, 0.3) is 20.1 Å². The van der Waals surface area contributed by atoms with Crippen molar-refractivity contribution in [2.75, 3.05) is 19.6 Å². The molecule has 6 aliphatic rings. The Kier molecular flexibility index (Phi) is 9.15. The molecule has 0 saturated carbocycles. The first-order valence-electron chi connectivity index (χ1n) is 27.9. The maximum Gasteiger partial charge on any atom is 0.256 e. The monoisotopic (exact) mass is 1010 g/mol. The molecule has 8 heteroatoms. The van der Waals surface area contributed by atoms with Crippen LogP contribution >= 0.6 is 0 Å². The van der Waals surface area contributed by atoms with Crippen LogP contribution in [0.25, 0.3) is 22.3 Å². The van der Waals surface area contributed by atoms with Crippen LogP contribution in [0.1, 0.15) is 0 Å². The highest BCUT2D eigenvalue weighted by molar-refractivity contribution is 7.05. The van der Waals surface area contributed by atoms with E-state index in [0.717, 1.165) is 51.1 Å². The fourth-order valence-electron chi connectivity index (χ4n) is 14.7. The van der Waals surface area contributed by atoms with Gasteiger partial charge < -0.3 is 24.3 Å². The van der Waals surface area contributed by atoms with E-state index in [1.165, 1.54) is 100 Å². The minimum absolute atomic E-state index is 0.00843. The van der Waals surface area contributed by atoms with E-state index in [1.807, 2.05) is 0 Å². The predicted octanol–water partition coefficient (Wildman–Crippen LogP) is 12.1. The number of ether oxygens (including phenoxy) is 1. The van der Waals surface area contributed by atoms with Gasteiger partial charge in [-0.15, -0.1) is 0 Å². The number of benzene rings is 12. The number of hydrogen-bond acceptors (Lipinski definition) is 5. The zero-order valence-electron chi connectivity index (χ0n) is 43.4. The van der Waals surface area contributed by atoms with Crippen LogP contribution in [0.2, 0.25) is 0 Å². The van der Waals surface area contributed by atoms with Crippen molar-refractivity contribution >= 4 is 138 Å². The molecule has 0 spiro atoms. The van der Waals surface area contributed by atoms with Crippen LogP contribution in [-0.2, 0) is 0 Å². The molecule has 0 aliphatic carbocycles. The largest absolute Gasteiger partial charge is 0.458 e. The van der Waals surface area contributed by atoms with Crippen molar-refractivity contribution in [2.24, 2.45) is 0 Å². The lowest BCUT2D eigenvalue weighted by atomic mass is 9.28. The van der Waals surface area contributed by atoms with Gasteiger partial charge in [0, 0.05) is 74.3 Å². The minimum atomic E-state index is -0.125. The summed E-state index contributed by atoms with van der Waals surface area (Å²) in [5, 5.41) is 0. The molecular weight excluding hydrogens is 969 g/mol. The highest BCUT2D eigenvalue weighted by Crippen LogP contribution is 2.51. The summed E-state index contributed by atoms with van der Waals surface area (Å²) < 4.78 is 7.66. The lowest BCUT2D eigenvalue weighted by Gasteiger charge is -2.51. The van der Waals surface area contributed by atoms with E-state index in [0.29, 0.717) is 0 Å². The molecule has 0 aromatic heterocycles. The quantitative estimate of drug-likeness (QED) is 0.160.